The van der Waals surface area contributed by atoms with Gasteiger partial charge in [0.05, 0.1) is 0 Å². The first kappa shape index (κ1) is 13.5. The highest BCUT2D eigenvalue weighted by Crippen LogP contribution is 2.27. The summed E-state index contributed by atoms with van der Waals surface area (Å²) in [6.45, 7) is 4.51. The van der Waals surface area contributed by atoms with Gasteiger partial charge in [-0.15, -0.1) is 0 Å². The van der Waals surface area contributed by atoms with Crippen molar-refractivity contribution in [2.24, 2.45) is 11.8 Å². The molecule has 0 aromatic heterocycles. The molecule has 0 spiro atoms. The molecule has 1 aliphatic rings. The van der Waals surface area contributed by atoms with Gasteiger partial charge in [0, 0.05) is 0 Å². The van der Waals surface area contributed by atoms with Gasteiger partial charge in [0.25, 0.3) is 0 Å². The van der Waals surface area contributed by atoms with E-state index < -0.39 is 0 Å². The average Bonchev–Trinajstić information content (AvgIpc) is 2.37. The van der Waals surface area contributed by atoms with E-state index in [1.165, 1.54) is 43.4 Å². The predicted octanol–water partition coefficient (Wildman–Crippen LogP) is 3.78. The van der Waals surface area contributed by atoms with E-state index in [9.17, 15) is 4.39 Å². The van der Waals surface area contributed by atoms with Gasteiger partial charge in [-0.25, -0.2) is 4.39 Å². The number of hydrogen-bond acceptors (Lipinski definition) is 1. The Morgan fingerprint density at radius 1 is 1.22 bits per heavy atom. The summed E-state index contributed by atoms with van der Waals surface area (Å²) in [5.74, 6) is 1.62. The fourth-order valence-electron chi connectivity index (χ4n) is 2.94. The van der Waals surface area contributed by atoms with Crippen molar-refractivity contribution < 1.29 is 4.39 Å². The predicted molar refractivity (Wildman–Crippen MR) is 74.1 cm³/mol. The number of halogens is 1. The number of benzene rings is 1. The van der Waals surface area contributed by atoms with Crippen LogP contribution in [0.4, 0.5) is 4.39 Å². The zero-order valence-corrected chi connectivity index (χ0v) is 11.3. The molecule has 0 amide bonds. The highest BCUT2D eigenvalue weighted by Gasteiger charge is 2.17. The molecule has 1 saturated carbocycles. The first-order chi connectivity index (χ1) is 8.74. The van der Waals surface area contributed by atoms with E-state index in [4.69, 9.17) is 0 Å². The summed E-state index contributed by atoms with van der Waals surface area (Å²) >= 11 is 0. The maximum Gasteiger partial charge on any atom is 0.123 e. The van der Waals surface area contributed by atoms with E-state index in [0.717, 1.165) is 31.3 Å². The van der Waals surface area contributed by atoms with Crippen LogP contribution in [0.15, 0.2) is 24.3 Å². The Kier molecular flexibility index (Phi) is 5.18. The Morgan fingerprint density at radius 3 is 2.72 bits per heavy atom. The number of hydrogen-bond donors (Lipinski definition) is 1. The summed E-state index contributed by atoms with van der Waals surface area (Å²) in [6.07, 6.45) is 6.55. The molecular weight excluding hydrogens is 225 g/mol. The van der Waals surface area contributed by atoms with Crippen molar-refractivity contribution in [3.63, 3.8) is 0 Å². The fraction of sp³-hybridized carbons (Fsp3) is 0.625. The first-order valence-electron chi connectivity index (χ1n) is 7.19. The van der Waals surface area contributed by atoms with E-state index in [1.54, 1.807) is 0 Å². The van der Waals surface area contributed by atoms with Crippen molar-refractivity contribution in [2.75, 3.05) is 13.1 Å². The SMILES string of the molecule is CC1CCCC(CNCCc2ccc(F)cc2)C1. The molecule has 0 aliphatic heterocycles. The minimum atomic E-state index is -0.150. The van der Waals surface area contributed by atoms with Crippen molar-refractivity contribution in [2.45, 2.75) is 39.0 Å². The number of rotatable bonds is 5. The van der Waals surface area contributed by atoms with Crippen molar-refractivity contribution in [1.29, 1.82) is 0 Å². The van der Waals surface area contributed by atoms with Gasteiger partial charge in [-0.05, 0) is 61.9 Å². The fourth-order valence-corrected chi connectivity index (χ4v) is 2.94. The van der Waals surface area contributed by atoms with Gasteiger partial charge in [0.2, 0.25) is 0 Å². The summed E-state index contributed by atoms with van der Waals surface area (Å²) in [4.78, 5) is 0. The average molecular weight is 249 g/mol. The summed E-state index contributed by atoms with van der Waals surface area (Å²) in [5, 5.41) is 3.55. The van der Waals surface area contributed by atoms with Gasteiger partial charge in [0.15, 0.2) is 0 Å². The Balaban J connectivity index is 1.62. The standard InChI is InChI=1S/C16H24FN/c1-13-3-2-4-15(11-13)12-18-10-9-14-5-7-16(17)8-6-14/h5-8,13,15,18H,2-4,9-12H2,1H3. The van der Waals surface area contributed by atoms with Crippen LogP contribution in [-0.2, 0) is 6.42 Å². The highest BCUT2D eigenvalue weighted by atomic mass is 19.1. The maximum absolute atomic E-state index is 12.7. The molecule has 1 aromatic rings. The van der Waals surface area contributed by atoms with E-state index in [2.05, 4.69) is 12.2 Å². The lowest BCUT2D eigenvalue weighted by atomic mass is 9.82. The summed E-state index contributed by atoms with van der Waals surface area (Å²) in [7, 11) is 0. The molecule has 2 heteroatoms. The van der Waals surface area contributed by atoms with E-state index in [0.29, 0.717) is 0 Å². The van der Waals surface area contributed by atoms with Crippen LogP contribution < -0.4 is 5.32 Å². The Hall–Kier alpha value is -0.890. The third-order valence-corrected chi connectivity index (χ3v) is 3.98. The van der Waals surface area contributed by atoms with Crippen LogP contribution >= 0.6 is 0 Å². The van der Waals surface area contributed by atoms with Crippen molar-refractivity contribution in [3.05, 3.63) is 35.6 Å². The van der Waals surface area contributed by atoms with Crippen LogP contribution in [0.3, 0.4) is 0 Å². The lowest BCUT2D eigenvalue weighted by molar-refractivity contribution is 0.275. The molecule has 1 fully saturated rings. The molecule has 0 radical (unpaired) electrons. The monoisotopic (exact) mass is 249 g/mol. The normalized spacial score (nSPS) is 24.1. The highest BCUT2D eigenvalue weighted by molar-refractivity contribution is 5.16. The molecular formula is C16H24FN. The van der Waals surface area contributed by atoms with Crippen molar-refractivity contribution >= 4 is 0 Å². The molecule has 1 nitrogen and oxygen atoms in total. The van der Waals surface area contributed by atoms with Gasteiger partial charge in [-0.3, -0.25) is 0 Å². The van der Waals surface area contributed by atoms with Crippen LogP contribution in [0.5, 0.6) is 0 Å². The molecule has 100 valence electrons. The first-order valence-corrected chi connectivity index (χ1v) is 7.19. The smallest absolute Gasteiger partial charge is 0.123 e. The van der Waals surface area contributed by atoms with Gasteiger partial charge in [-0.2, -0.15) is 0 Å². The minimum absolute atomic E-state index is 0.150. The third kappa shape index (κ3) is 4.41. The second-order valence-corrected chi connectivity index (χ2v) is 5.72. The summed E-state index contributed by atoms with van der Waals surface area (Å²) in [5.41, 5.74) is 1.21. The van der Waals surface area contributed by atoms with Crippen LogP contribution in [0.1, 0.15) is 38.2 Å². The van der Waals surface area contributed by atoms with E-state index in [1.807, 2.05) is 12.1 Å². The molecule has 18 heavy (non-hydrogen) atoms. The van der Waals surface area contributed by atoms with Gasteiger partial charge in [0.1, 0.15) is 5.82 Å². The molecule has 2 rings (SSSR count). The quantitative estimate of drug-likeness (QED) is 0.783. The molecule has 0 bridgehead atoms. The molecule has 1 aliphatic carbocycles. The zero-order chi connectivity index (χ0) is 12.8. The summed E-state index contributed by atoms with van der Waals surface area (Å²) in [6, 6.07) is 6.83. The Bertz CT molecular complexity index is 347. The van der Waals surface area contributed by atoms with E-state index >= 15 is 0 Å². The minimum Gasteiger partial charge on any atom is -0.316 e. The van der Waals surface area contributed by atoms with Crippen LogP contribution in [0.2, 0.25) is 0 Å². The molecule has 0 heterocycles. The van der Waals surface area contributed by atoms with Crippen molar-refractivity contribution in [3.8, 4) is 0 Å². The Labute approximate surface area is 110 Å². The lowest BCUT2D eigenvalue weighted by Crippen LogP contribution is -2.28. The molecule has 2 unspecified atom stereocenters. The lowest BCUT2D eigenvalue weighted by Gasteiger charge is -2.26. The largest absolute Gasteiger partial charge is 0.316 e. The molecule has 2 atom stereocenters. The summed E-state index contributed by atoms with van der Waals surface area (Å²) < 4.78 is 12.7. The van der Waals surface area contributed by atoms with E-state index in [-0.39, 0.29) is 5.82 Å². The van der Waals surface area contributed by atoms with Crippen molar-refractivity contribution in [1.82, 2.24) is 5.32 Å². The maximum atomic E-state index is 12.7. The van der Waals surface area contributed by atoms with Crippen LogP contribution in [0.25, 0.3) is 0 Å². The Morgan fingerprint density at radius 2 is 2.00 bits per heavy atom. The zero-order valence-electron chi connectivity index (χ0n) is 11.3. The number of nitrogens with one attached hydrogen (secondary N) is 1. The molecule has 0 saturated heterocycles. The topological polar surface area (TPSA) is 12.0 Å². The van der Waals surface area contributed by atoms with Gasteiger partial charge >= 0.3 is 0 Å². The van der Waals surface area contributed by atoms with Gasteiger partial charge < -0.3 is 5.32 Å². The van der Waals surface area contributed by atoms with Gasteiger partial charge in [-0.1, -0.05) is 31.9 Å². The molecule has 1 N–H and O–H groups in total. The van der Waals surface area contributed by atoms with Crippen LogP contribution in [0, 0.1) is 17.7 Å². The molecule has 1 aromatic carbocycles. The van der Waals surface area contributed by atoms with Crippen LogP contribution in [-0.4, -0.2) is 13.1 Å². The second-order valence-electron chi connectivity index (χ2n) is 5.72. The second kappa shape index (κ2) is 6.89. The third-order valence-electron chi connectivity index (χ3n) is 3.98.